The van der Waals surface area contributed by atoms with Crippen LogP contribution in [-0.4, -0.2) is 34.6 Å². The second-order valence-corrected chi connectivity index (χ2v) is 5.50. The molecule has 6 nitrogen and oxygen atoms in total. The monoisotopic (exact) mass is 312 g/mol. The Balaban J connectivity index is 2.44. The standard InChI is InChI=1S/C12H12N2O4S2/c1-17-7-3-6(4-8(18-2)10(7)15)5-9-11(16)14(13)12(19)20-9/h3-5,15H,13H2,1-2H3/b9-5-. The van der Waals surface area contributed by atoms with Gasteiger partial charge in [-0.15, -0.1) is 0 Å². The fourth-order valence-corrected chi connectivity index (χ4v) is 2.73. The van der Waals surface area contributed by atoms with Crippen molar-refractivity contribution in [3.63, 3.8) is 0 Å². The van der Waals surface area contributed by atoms with E-state index in [-0.39, 0.29) is 23.2 Å². The predicted octanol–water partition coefficient (Wildman–Crippen LogP) is 1.48. The third-order valence-electron chi connectivity index (χ3n) is 2.62. The molecule has 106 valence electrons. The van der Waals surface area contributed by atoms with E-state index in [2.05, 4.69) is 0 Å². The molecule has 0 bridgehead atoms. The van der Waals surface area contributed by atoms with Crippen LogP contribution in [0.2, 0.25) is 0 Å². The maximum absolute atomic E-state index is 11.8. The van der Waals surface area contributed by atoms with Gasteiger partial charge >= 0.3 is 0 Å². The van der Waals surface area contributed by atoms with Gasteiger partial charge in [0.15, 0.2) is 15.8 Å². The number of hydrazine groups is 1. The maximum atomic E-state index is 11.8. The van der Waals surface area contributed by atoms with Gasteiger partial charge in [-0.1, -0.05) is 24.0 Å². The van der Waals surface area contributed by atoms with Crippen LogP contribution in [0.25, 0.3) is 6.08 Å². The number of phenolic OH excluding ortho intramolecular Hbond substituents is 1. The summed E-state index contributed by atoms with van der Waals surface area (Å²) in [6.45, 7) is 0. The quantitative estimate of drug-likeness (QED) is 0.378. The number of amides is 1. The first-order valence-electron chi connectivity index (χ1n) is 5.45. The van der Waals surface area contributed by atoms with Gasteiger partial charge < -0.3 is 14.6 Å². The third kappa shape index (κ3) is 2.58. The normalized spacial score (nSPS) is 16.9. The summed E-state index contributed by atoms with van der Waals surface area (Å²) in [4.78, 5) is 12.2. The average Bonchev–Trinajstić information content (AvgIpc) is 2.68. The van der Waals surface area contributed by atoms with Crippen molar-refractivity contribution in [2.75, 3.05) is 14.2 Å². The molecule has 3 N–H and O–H groups in total. The Morgan fingerprint density at radius 3 is 2.30 bits per heavy atom. The van der Waals surface area contributed by atoms with Crippen molar-refractivity contribution < 1.29 is 19.4 Å². The van der Waals surface area contributed by atoms with E-state index in [4.69, 9.17) is 27.5 Å². The van der Waals surface area contributed by atoms with Crippen molar-refractivity contribution in [2.24, 2.45) is 5.84 Å². The summed E-state index contributed by atoms with van der Waals surface area (Å²) >= 11 is 6.05. The highest BCUT2D eigenvalue weighted by molar-refractivity contribution is 8.26. The summed E-state index contributed by atoms with van der Waals surface area (Å²) in [5, 5.41) is 10.7. The summed E-state index contributed by atoms with van der Waals surface area (Å²) in [7, 11) is 2.86. The number of rotatable bonds is 3. The summed E-state index contributed by atoms with van der Waals surface area (Å²) < 4.78 is 10.4. The molecule has 1 saturated heterocycles. The second-order valence-electron chi connectivity index (χ2n) is 3.83. The van der Waals surface area contributed by atoms with Gasteiger partial charge in [0.1, 0.15) is 0 Å². The van der Waals surface area contributed by atoms with E-state index in [0.717, 1.165) is 16.8 Å². The molecule has 0 aromatic heterocycles. The average molecular weight is 312 g/mol. The van der Waals surface area contributed by atoms with Crippen LogP contribution in [0.3, 0.4) is 0 Å². The second kappa shape index (κ2) is 5.70. The first-order chi connectivity index (χ1) is 9.47. The Kier molecular flexibility index (Phi) is 4.17. The van der Waals surface area contributed by atoms with E-state index < -0.39 is 0 Å². The van der Waals surface area contributed by atoms with Gasteiger partial charge in [-0.25, -0.2) is 10.9 Å². The Bertz CT molecular complexity index is 590. The molecule has 1 aliphatic heterocycles. The van der Waals surface area contributed by atoms with E-state index in [9.17, 15) is 9.90 Å². The number of nitrogens with zero attached hydrogens (tertiary/aromatic N) is 1. The van der Waals surface area contributed by atoms with Gasteiger partial charge in [0.25, 0.3) is 5.91 Å². The molecule has 1 amide bonds. The molecule has 8 heteroatoms. The summed E-state index contributed by atoms with van der Waals surface area (Å²) in [5.41, 5.74) is 0.630. The molecule has 1 aliphatic rings. The lowest BCUT2D eigenvalue weighted by Gasteiger charge is -2.09. The fourth-order valence-electron chi connectivity index (χ4n) is 1.63. The topological polar surface area (TPSA) is 85.0 Å². The first kappa shape index (κ1) is 14.6. The van der Waals surface area contributed by atoms with Gasteiger partial charge in [-0.05, 0) is 23.8 Å². The number of carbonyl (C=O) groups excluding carboxylic acids is 1. The lowest BCUT2D eigenvalue weighted by atomic mass is 10.1. The molecule has 1 fully saturated rings. The highest BCUT2D eigenvalue weighted by Gasteiger charge is 2.29. The van der Waals surface area contributed by atoms with E-state index in [1.165, 1.54) is 14.2 Å². The Morgan fingerprint density at radius 2 is 1.90 bits per heavy atom. The number of nitrogens with two attached hydrogens (primary N) is 1. The molecule has 1 aromatic carbocycles. The molecule has 0 radical (unpaired) electrons. The molecule has 1 heterocycles. The van der Waals surface area contributed by atoms with Crippen molar-refractivity contribution in [1.82, 2.24) is 5.01 Å². The number of methoxy groups -OCH3 is 2. The predicted molar refractivity (Wildman–Crippen MR) is 80.4 cm³/mol. The van der Waals surface area contributed by atoms with Crippen LogP contribution in [0.5, 0.6) is 17.2 Å². The number of thiocarbonyl (C=S) groups is 1. The van der Waals surface area contributed by atoms with Gasteiger partial charge in [-0.2, -0.15) is 0 Å². The highest BCUT2D eigenvalue weighted by atomic mass is 32.2. The molecular weight excluding hydrogens is 300 g/mol. The zero-order chi connectivity index (χ0) is 14.9. The van der Waals surface area contributed by atoms with Crippen LogP contribution in [0.4, 0.5) is 0 Å². The Morgan fingerprint density at radius 1 is 1.35 bits per heavy atom. The highest BCUT2D eigenvalue weighted by Crippen LogP contribution is 2.39. The molecule has 0 aliphatic carbocycles. The third-order valence-corrected chi connectivity index (χ3v) is 3.95. The number of phenols is 1. The van der Waals surface area contributed by atoms with Crippen LogP contribution in [0.1, 0.15) is 5.56 Å². The van der Waals surface area contributed by atoms with Crippen LogP contribution >= 0.6 is 24.0 Å². The molecule has 0 saturated carbocycles. The summed E-state index contributed by atoms with van der Waals surface area (Å²) in [6, 6.07) is 3.17. The number of aromatic hydroxyl groups is 1. The molecule has 20 heavy (non-hydrogen) atoms. The molecule has 2 rings (SSSR count). The van der Waals surface area contributed by atoms with Crippen molar-refractivity contribution in [1.29, 1.82) is 0 Å². The Labute approximate surface area is 125 Å². The minimum Gasteiger partial charge on any atom is -0.502 e. The number of ether oxygens (including phenoxy) is 2. The zero-order valence-corrected chi connectivity index (χ0v) is 12.4. The first-order valence-corrected chi connectivity index (χ1v) is 6.68. The van der Waals surface area contributed by atoms with Crippen LogP contribution in [-0.2, 0) is 4.79 Å². The summed E-state index contributed by atoms with van der Waals surface area (Å²) in [5.74, 6) is 5.52. The van der Waals surface area contributed by atoms with Crippen molar-refractivity contribution >= 4 is 40.3 Å². The lowest BCUT2D eigenvalue weighted by Crippen LogP contribution is -2.34. The van der Waals surface area contributed by atoms with Crippen molar-refractivity contribution in [3.8, 4) is 17.2 Å². The van der Waals surface area contributed by atoms with E-state index in [1.54, 1.807) is 18.2 Å². The van der Waals surface area contributed by atoms with Gasteiger partial charge in [0, 0.05) is 0 Å². The largest absolute Gasteiger partial charge is 0.502 e. The molecule has 1 aromatic rings. The smallest absolute Gasteiger partial charge is 0.280 e. The van der Waals surface area contributed by atoms with Crippen LogP contribution < -0.4 is 15.3 Å². The molecule has 0 unspecified atom stereocenters. The van der Waals surface area contributed by atoms with Gasteiger partial charge in [-0.3, -0.25) is 4.79 Å². The summed E-state index contributed by atoms with van der Waals surface area (Å²) in [6.07, 6.45) is 1.61. The van der Waals surface area contributed by atoms with E-state index in [1.807, 2.05) is 0 Å². The molecule has 0 atom stereocenters. The number of hydrogen-bond donors (Lipinski definition) is 2. The fraction of sp³-hybridized carbons (Fsp3) is 0.167. The number of benzene rings is 1. The lowest BCUT2D eigenvalue weighted by molar-refractivity contribution is -0.122. The number of hydrogen-bond acceptors (Lipinski definition) is 7. The van der Waals surface area contributed by atoms with Crippen LogP contribution in [0.15, 0.2) is 17.0 Å². The number of thioether (sulfide) groups is 1. The minimum absolute atomic E-state index is 0.0986. The number of carbonyl (C=O) groups is 1. The van der Waals surface area contributed by atoms with Crippen molar-refractivity contribution in [3.05, 3.63) is 22.6 Å². The van der Waals surface area contributed by atoms with E-state index >= 15 is 0 Å². The van der Waals surface area contributed by atoms with E-state index in [0.29, 0.717) is 14.8 Å². The van der Waals surface area contributed by atoms with Crippen molar-refractivity contribution in [2.45, 2.75) is 0 Å². The van der Waals surface area contributed by atoms with Gasteiger partial charge in [0.2, 0.25) is 5.75 Å². The minimum atomic E-state index is -0.369. The van der Waals surface area contributed by atoms with Crippen LogP contribution in [0, 0.1) is 0 Å². The Hall–Kier alpha value is -1.77. The molecule has 0 spiro atoms. The molecular formula is C12H12N2O4S2. The maximum Gasteiger partial charge on any atom is 0.280 e. The van der Waals surface area contributed by atoms with Gasteiger partial charge in [0.05, 0.1) is 19.1 Å². The SMILES string of the molecule is COc1cc(/C=C2\SC(=S)N(N)C2=O)cc(OC)c1O. The zero-order valence-electron chi connectivity index (χ0n) is 10.7.